The molecule has 0 aliphatic rings. The third-order valence-electron chi connectivity index (χ3n) is 2.59. The fourth-order valence-corrected chi connectivity index (χ4v) is 2.45. The van der Waals surface area contributed by atoms with E-state index >= 15 is 0 Å². The highest BCUT2D eigenvalue weighted by atomic mass is 32.1. The maximum Gasteiger partial charge on any atom is 0.343 e. The summed E-state index contributed by atoms with van der Waals surface area (Å²) in [4.78, 5) is 11.8. The van der Waals surface area contributed by atoms with Crippen molar-refractivity contribution in [3.8, 4) is 0 Å². The van der Waals surface area contributed by atoms with E-state index in [0.717, 1.165) is 23.7 Å². The minimum atomic E-state index is -0.282. The first-order valence-corrected chi connectivity index (χ1v) is 7.20. The summed E-state index contributed by atoms with van der Waals surface area (Å²) in [6.07, 6.45) is 2.27. The molecule has 5 heteroatoms. The molecule has 1 aromatic rings. The lowest BCUT2D eigenvalue weighted by Gasteiger charge is -2.08. The van der Waals surface area contributed by atoms with Crippen molar-refractivity contribution in [1.82, 2.24) is 4.37 Å². The van der Waals surface area contributed by atoms with Gasteiger partial charge in [0.15, 0.2) is 0 Å². The minimum absolute atomic E-state index is 0.282. The molecule has 1 N–H and O–H groups in total. The van der Waals surface area contributed by atoms with Gasteiger partial charge in [-0.05, 0) is 44.1 Å². The van der Waals surface area contributed by atoms with E-state index in [0.29, 0.717) is 18.1 Å². The summed E-state index contributed by atoms with van der Waals surface area (Å²) in [7, 11) is 0. The first-order valence-electron chi connectivity index (χ1n) is 6.43. The third kappa shape index (κ3) is 4.29. The lowest BCUT2D eigenvalue weighted by molar-refractivity contribution is 0.0527. The molecule has 1 heterocycles. The largest absolute Gasteiger partial charge is 0.462 e. The van der Waals surface area contributed by atoms with Gasteiger partial charge in [0.1, 0.15) is 10.6 Å². The third-order valence-corrected chi connectivity index (χ3v) is 3.48. The van der Waals surface area contributed by atoms with Crippen molar-refractivity contribution in [1.29, 1.82) is 0 Å². The van der Waals surface area contributed by atoms with Gasteiger partial charge in [0.05, 0.1) is 12.3 Å². The van der Waals surface area contributed by atoms with Crippen molar-refractivity contribution < 1.29 is 9.53 Å². The number of nitrogens with zero attached hydrogens (tertiary/aromatic N) is 1. The van der Waals surface area contributed by atoms with E-state index in [1.54, 1.807) is 0 Å². The Labute approximate surface area is 113 Å². The first-order chi connectivity index (χ1) is 8.56. The highest BCUT2D eigenvalue weighted by Crippen LogP contribution is 2.25. The fourth-order valence-electron chi connectivity index (χ4n) is 1.65. The van der Waals surface area contributed by atoms with Crippen LogP contribution in [0.4, 0.5) is 5.00 Å². The monoisotopic (exact) mass is 270 g/mol. The van der Waals surface area contributed by atoms with Crippen LogP contribution in [0.15, 0.2) is 0 Å². The Bertz CT molecular complexity index is 388. The maximum absolute atomic E-state index is 11.8. The molecule has 0 aliphatic carbocycles. The van der Waals surface area contributed by atoms with Crippen LogP contribution in [0.5, 0.6) is 0 Å². The van der Waals surface area contributed by atoms with Gasteiger partial charge in [-0.2, -0.15) is 4.37 Å². The second-order valence-electron chi connectivity index (χ2n) is 4.66. The Balaban J connectivity index is 2.58. The van der Waals surface area contributed by atoms with E-state index in [1.165, 1.54) is 18.0 Å². The number of rotatable bonds is 7. The topological polar surface area (TPSA) is 51.2 Å². The first kappa shape index (κ1) is 15.0. The zero-order chi connectivity index (χ0) is 13.5. The second kappa shape index (κ2) is 7.36. The van der Waals surface area contributed by atoms with E-state index in [-0.39, 0.29) is 5.97 Å². The van der Waals surface area contributed by atoms with Gasteiger partial charge in [-0.1, -0.05) is 13.8 Å². The average molecular weight is 270 g/mol. The second-order valence-corrected chi connectivity index (χ2v) is 5.43. The summed E-state index contributed by atoms with van der Waals surface area (Å²) < 4.78 is 9.25. The Morgan fingerprint density at radius 3 is 2.83 bits per heavy atom. The Morgan fingerprint density at radius 1 is 1.50 bits per heavy atom. The van der Waals surface area contributed by atoms with Gasteiger partial charge >= 0.3 is 5.97 Å². The van der Waals surface area contributed by atoms with E-state index in [4.69, 9.17) is 4.74 Å². The van der Waals surface area contributed by atoms with Crippen LogP contribution in [0, 0.1) is 12.8 Å². The predicted octanol–water partition coefficient (Wildman–Crippen LogP) is 3.48. The number of ether oxygens (including phenoxy) is 1. The van der Waals surface area contributed by atoms with Crippen LogP contribution in [0.3, 0.4) is 0 Å². The van der Waals surface area contributed by atoms with Gasteiger partial charge in [0.2, 0.25) is 0 Å². The lowest BCUT2D eigenvalue weighted by Crippen LogP contribution is -2.10. The number of aromatic nitrogens is 1. The zero-order valence-electron chi connectivity index (χ0n) is 11.6. The number of hydrogen-bond acceptors (Lipinski definition) is 5. The van der Waals surface area contributed by atoms with E-state index in [1.807, 2.05) is 13.8 Å². The molecule has 18 heavy (non-hydrogen) atoms. The van der Waals surface area contributed by atoms with Crippen molar-refractivity contribution in [2.75, 3.05) is 18.5 Å². The van der Waals surface area contributed by atoms with Crippen LogP contribution >= 0.6 is 11.5 Å². The number of anilines is 1. The van der Waals surface area contributed by atoms with Gasteiger partial charge in [-0.25, -0.2) is 4.79 Å². The molecule has 0 amide bonds. The Morgan fingerprint density at radius 2 is 2.22 bits per heavy atom. The van der Waals surface area contributed by atoms with Crippen molar-refractivity contribution in [3.63, 3.8) is 0 Å². The smallest absolute Gasteiger partial charge is 0.343 e. The maximum atomic E-state index is 11.8. The van der Waals surface area contributed by atoms with Crippen LogP contribution in [0.25, 0.3) is 0 Å². The van der Waals surface area contributed by atoms with Crippen LogP contribution in [0.2, 0.25) is 0 Å². The van der Waals surface area contributed by atoms with Crippen LogP contribution in [-0.4, -0.2) is 23.5 Å². The van der Waals surface area contributed by atoms with Gasteiger partial charge in [0, 0.05) is 6.54 Å². The molecule has 102 valence electrons. The molecule has 0 aromatic carbocycles. The van der Waals surface area contributed by atoms with E-state index in [9.17, 15) is 4.79 Å². The number of carbonyl (C=O) groups excluding carboxylic acids is 1. The molecule has 1 rings (SSSR count). The molecule has 0 radical (unpaired) electrons. The summed E-state index contributed by atoms with van der Waals surface area (Å²) in [6.45, 7) is 9.32. The van der Waals surface area contributed by atoms with Crippen LogP contribution in [-0.2, 0) is 4.74 Å². The number of nitrogens with one attached hydrogen (secondary N) is 1. The van der Waals surface area contributed by atoms with Gasteiger partial charge in [0.25, 0.3) is 0 Å². The number of aryl methyl sites for hydroxylation is 1. The Hall–Kier alpha value is -1.10. The summed E-state index contributed by atoms with van der Waals surface area (Å²) in [5, 5.41) is 4.11. The minimum Gasteiger partial charge on any atom is -0.462 e. The fraction of sp³-hybridized carbons (Fsp3) is 0.692. The molecule has 0 unspecified atom stereocenters. The lowest BCUT2D eigenvalue weighted by atomic mass is 10.1. The summed E-state index contributed by atoms with van der Waals surface area (Å²) >= 11 is 1.33. The molecule has 0 saturated carbocycles. The highest BCUT2D eigenvalue weighted by molar-refractivity contribution is 7.10. The van der Waals surface area contributed by atoms with E-state index < -0.39 is 0 Å². The van der Waals surface area contributed by atoms with Crippen molar-refractivity contribution in [2.24, 2.45) is 5.92 Å². The normalized spacial score (nSPS) is 10.7. The molecule has 0 saturated heterocycles. The highest BCUT2D eigenvalue weighted by Gasteiger charge is 2.19. The molecule has 0 aliphatic heterocycles. The van der Waals surface area contributed by atoms with Gasteiger partial charge in [-0.3, -0.25) is 0 Å². The van der Waals surface area contributed by atoms with E-state index in [2.05, 4.69) is 23.5 Å². The molecule has 0 atom stereocenters. The van der Waals surface area contributed by atoms with Gasteiger partial charge in [-0.15, -0.1) is 0 Å². The zero-order valence-corrected chi connectivity index (χ0v) is 12.4. The standard InChI is InChI=1S/C13H22N2O2S/c1-5-17-13(16)11-10(4)15-18-12(11)14-8-6-7-9(2)3/h9,14H,5-8H2,1-4H3. The molecular formula is C13H22N2O2S. The quantitative estimate of drug-likeness (QED) is 0.609. The Kier molecular flexibility index (Phi) is 6.12. The predicted molar refractivity (Wildman–Crippen MR) is 75.4 cm³/mol. The molecular weight excluding hydrogens is 248 g/mol. The van der Waals surface area contributed by atoms with Crippen LogP contribution in [0.1, 0.15) is 49.7 Å². The summed E-state index contributed by atoms with van der Waals surface area (Å²) in [5.41, 5.74) is 1.33. The molecule has 4 nitrogen and oxygen atoms in total. The molecule has 0 fully saturated rings. The number of esters is 1. The molecule has 1 aromatic heterocycles. The summed E-state index contributed by atoms with van der Waals surface area (Å²) in [5.74, 6) is 0.426. The number of carbonyl (C=O) groups is 1. The molecule has 0 bridgehead atoms. The van der Waals surface area contributed by atoms with Crippen LogP contribution < -0.4 is 5.32 Å². The SMILES string of the molecule is CCOC(=O)c1c(C)nsc1NCCCC(C)C. The van der Waals surface area contributed by atoms with Crippen molar-refractivity contribution in [2.45, 2.75) is 40.5 Å². The number of hydrogen-bond donors (Lipinski definition) is 1. The van der Waals surface area contributed by atoms with Gasteiger partial charge < -0.3 is 10.1 Å². The average Bonchev–Trinajstić information content (AvgIpc) is 2.66. The van der Waals surface area contributed by atoms with Crippen molar-refractivity contribution in [3.05, 3.63) is 11.3 Å². The van der Waals surface area contributed by atoms with Crippen molar-refractivity contribution >= 4 is 22.5 Å². The molecule has 0 spiro atoms. The summed E-state index contributed by atoms with van der Waals surface area (Å²) in [6, 6.07) is 0.